The molecule has 0 aliphatic carbocycles. The number of carbonyl (C=O) groups is 2. The van der Waals surface area contributed by atoms with E-state index >= 15 is 0 Å². The van der Waals surface area contributed by atoms with Gasteiger partial charge in [0.1, 0.15) is 23.9 Å². The predicted molar refractivity (Wildman–Crippen MR) is 89.2 cm³/mol. The van der Waals surface area contributed by atoms with Gasteiger partial charge in [0.2, 0.25) is 5.82 Å². The molecule has 0 radical (unpaired) electrons. The number of benzene rings is 1. The van der Waals surface area contributed by atoms with E-state index < -0.39 is 24.2 Å². The van der Waals surface area contributed by atoms with Gasteiger partial charge in [0.25, 0.3) is 5.91 Å². The molecule has 1 N–H and O–H groups in total. The summed E-state index contributed by atoms with van der Waals surface area (Å²) in [6, 6.07) is 6.08. The zero-order valence-electron chi connectivity index (χ0n) is 14.4. The Morgan fingerprint density at radius 1 is 1.32 bits per heavy atom. The quantitative estimate of drug-likeness (QED) is 0.830. The van der Waals surface area contributed by atoms with E-state index in [1.54, 1.807) is 18.2 Å². The lowest BCUT2D eigenvalue weighted by atomic mass is 10.2. The van der Waals surface area contributed by atoms with Crippen molar-refractivity contribution in [1.29, 1.82) is 0 Å². The first-order valence-corrected chi connectivity index (χ1v) is 8.08. The maximum atomic E-state index is 14.1. The number of para-hydroxylation sites is 1. The van der Waals surface area contributed by atoms with Gasteiger partial charge in [-0.3, -0.25) is 9.59 Å². The van der Waals surface area contributed by atoms with Crippen molar-refractivity contribution in [2.75, 3.05) is 13.1 Å². The van der Waals surface area contributed by atoms with E-state index in [2.05, 4.69) is 10.1 Å². The van der Waals surface area contributed by atoms with Crippen LogP contribution in [0, 0.1) is 5.82 Å². The number of hydrogen-bond donors (Lipinski definition) is 1. The molecule has 2 aromatic rings. The molecule has 0 saturated heterocycles. The van der Waals surface area contributed by atoms with Gasteiger partial charge in [-0.05, 0) is 18.6 Å². The number of nitrogens with zero attached hydrogens (tertiary/aromatic N) is 4. The van der Waals surface area contributed by atoms with Gasteiger partial charge in [0.15, 0.2) is 0 Å². The van der Waals surface area contributed by atoms with Crippen LogP contribution in [0.4, 0.5) is 4.39 Å². The summed E-state index contributed by atoms with van der Waals surface area (Å²) >= 11 is 0. The first-order chi connectivity index (χ1) is 11.8. The Hall–Kier alpha value is -2.77. The van der Waals surface area contributed by atoms with Crippen LogP contribution in [0.3, 0.4) is 0 Å². The Morgan fingerprint density at radius 2 is 2.00 bits per heavy atom. The molecular weight excluding hydrogens is 327 g/mol. The predicted octanol–water partition coefficient (Wildman–Crippen LogP) is 2.47. The summed E-state index contributed by atoms with van der Waals surface area (Å²) in [5.41, 5.74) is 0.193. The lowest BCUT2D eigenvalue weighted by molar-refractivity contribution is -0.137. The van der Waals surface area contributed by atoms with Gasteiger partial charge in [-0.1, -0.05) is 32.9 Å². The maximum Gasteiger partial charge on any atom is 0.323 e. The van der Waals surface area contributed by atoms with Gasteiger partial charge in [-0.25, -0.2) is 14.1 Å². The zero-order valence-corrected chi connectivity index (χ0v) is 14.4. The minimum absolute atomic E-state index is 0.104. The number of aromatic nitrogens is 3. The molecule has 8 heteroatoms. The second-order valence-corrected chi connectivity index (χ2v) is 5.93. The number of carbonyl (C=O) groups excluding carboxylic acids is 1. The van der Waals surface area contributed by atoms with E-state index in [1.165, 1.54) is 15.6 Å². The Kier molecular flexibility index (Phi) is 5.84. The average molecular weight is 348 g/mol. The number of aliphatic carboxylic acids is 1. The SMILES string of the molecule is CCCN(CC(=O)O)C(=O)c1nc(C(C)C)n(-c2ccccc2F)n1. The Morgan fingerprint density at radius 3 is 2.56 bits per heavy atom. The third-order valence-corrected chi connectivity index (χ3v) is 3.53. The molecule has 0 spiro atoms. The van der Waals surface area contributed by atoms with Crippen molar-refractivity contribution in [1.82, 2.24) is 19.7 Å². The molecule has 25 heavy (non-hydrogen) atoms. The molecule has 1 amide bonds. The average Bonchev–Trinajstić information content (AvgIpc) is 2.99. The standard InChI is InChI=1S/C17H21FN4O3/c1-4-9-21(10-14(23)24)17(25)15-19-16(11(2)3)22(20-15)13-8-6-5-7-12(13)18/h5-8,11H,4,9-10H2,1-3H3,(H,23,24). The second kappa shape index (κ2) is 7.87. The van der Waals surface area contributed by atoms with Gasteiger partial charge in [-0.15, -0.1) is 5.10 Å². The van der Waals surface area contributed by atoms with E-state index in [0.29, 0.717) is 12.2 Å². The number of carboxylic acid groups (broad SMARTS) is 1. The van der Waals surface area contributed by atoms with Crippen molar-refractivity contribution < 1.29 is 19.1 Å². The van der Waals surface area contributed by atoms with Crippen molar-refractivity contribution >= 4 is 11.9 Å². The van der Waals surface area contributed by atoms with Crippen LogP contribution in [0.15, 0.2) is 24.3 Å². The lowest BCUT2D eigenvalue weighted by Gasteiger charge is -2.17. The van der Waals surface area contributed by atoms with Gasteiger partial charge >= 0.3 is 5.97 Å². The third kappa shape index (κ3) is 4.20. The number of carboxylic acids is 1. The molecule has 0 aliphatic rings. The number of amides is 1. The molecule has 0 atom stereocenters. The highest BCUT2D eigenvalue weighted by Gasteiger charge is 2.25. The molecule has 0 bridgehead atoms. The molecule has 1 heterocycles. The Bertz CT molecular complexity index is 773. The summed E-state index contributed by atoms with van der Waals surface area (Å²) in [4.78, 5) is 29.0. The highest BCUT2D eigenvalue weighted by Crippen LogP contribution is 2.20. The molecule has 7 nitrogen and oxygen atoms in total. The minimum Gasteiger partial charge on any atom is -0.480 e. The summed E-state index contributed by atoms with van der Waals surface area (Å²) in [7, 11) is 0. The smallest absolute Gasteiger partial charge is 0.323 e. The maximum absolute atomic E-state index is 14.1. The number of rotatable bonds is 7. The zero-order chi connectivity index (χ0) is 18.6. The highest BCUT2D eigenvalue weighted by atomic mass is 19.1. The van der Waals surface area contributed by atoms with E-state index in [9.17, 15) is 14.0 Å². The van der Waals surface area contributed by atoms with Crippen LogP contribution in [0.5, 0.6) is 0 Å². The molecule has 0 saturated carbocycles. The summed E-state index contributed by atoms with van der Waals surface area (Å²) in [6.07, 6.45) is 0.601. The normalized spacial score (nSPS) is 10.9. The molecule has 1 aromatic carbocycles. The van der Waals surface area contributed by atoms with Crippen LogP contribution in [0.25, 0.3) is 5.69 Å². The topological polar surface area (TPSA) is 88.3 Å². The van der Waals surface area contributed by atoms with Crippen molar-refractivity contribution in [2.45, 2.75) is 33.1 Å². The van der Waals surface area contributed by atoms with E-state index in [-0.39, 0.29) is 24.0 Å². The van der Waals surface area contributed by atoms with Crippen molar-refractivity contribution in [3.05, 3.63) is 41.7 Å². The first kappa shape index (κ1) is 18.6. The fraction of sp³-hybridized carbons (Fsp3) is 0.412. The molecule has 134 valence electrons. The second-order valence-electron chi connectivity index (χ2n) is 5.93. The van der Waals surface area contributed by atoms with E-state index in [1.807, 2.05) is 20.8 Å². The van der Waals surface area contributed by atoms with E-state index in [4.69, 9.17) is 5.11 Å². The summed E-state index contributed by atoms with van der Waals surface area (Å²) in [5.74, 6) is -1.99. The molecule has 0 unspecified atom stereocenters. The summed E-state index contributed by atoms with van der Waals surface area (Å²) in [5, 5.41) is 13.1. The fourth-order valence-corrected chi connectivity index (χ4v) is 2.42. The largest absolute Gasteiger partial charge is 0.480 e. The molecule has 0 aliphatic heterocycles. The minimum atomic E-state index is -1.11. The van der Waals surface area contributed by atoms with Crippen molar-refractivity contribution in [2.24, 2.45) is 0 Å². The number of hydrogen-bond acceptors (Lipinski definition) is 4. The first-order valence-electron chi connectivity index (χ1n) is 8.08. The van der Waals surface area contributed by atoms with Crippen LogP contribution in [-0.4, -0.2) is 49.7 Å². The van der Waals surface area contributed by atoms with Gasteiger partial charge in [0.05, 0.1) is 0 Å². The molecule has 0 fully saturated rings. The van der Waals surface area contributed by atoms with Crippen LogP contribution >= 0.6 is 0 Å². The van der Waals surface area contributed by atoms with Crippen LogP contribution in [0.2, 0.25) is 0 Å². The monoisotopic (exact) mass is 348 g/mol. The van der Waals surface area contributed by atoms with Crippen molar-refractivity contribution in [3.63, 3.8) is 0 Å². The highest BCUT2D eigenvalue weighted by molar-refractivity contribution is 5.92. The van der Waals surface area contributed by atoms with Crippen LogP contribution < -0.4 is 0 Å². The fourth-order valence-electron chi connectivity index (χ4n) is 2.42. The summed E-state index contributed by atoms with van der Waals surface area (Å²) in [6.45, 7) is 5.40. The van der Waals surface area contributed by atoms with Crippen LogP contribution in [0.1, 0.15) is 49.6 Å². The van der Waals surface area contributed by atoms with Crippen LogP contribution in [-0.2, 0) is 4.79 Å². The van der Waals surface area contributed by atoms with E-state index in [0.717, 1.165) is 0 Å². The van der Waals surface area contributed by atoms with Crippen molar-refractivity contribution in [3.8, 4) is 5.69 Å². The lowest BCUT2D eigenvalue weighted by Crippen LogP contribution is -2.37. The molecule has 1 aromatic heterocycles. The molecular formula is C17H21FN4O3. The Balaban J connectivity index is 2.46. The van der Waals surface area contributed by atoms with Gasteiger partial charge in [0, 0.05) is 12.5 Å². The number of halogens is 1. The van der Waals surface area contributed by atoms with Gasteiger partial charge < -0.3 is 10.0 Å². The Labute approximate surface area is 145 Å². The summed E-state index contributed by atoms with van der Waals surface area (Å²) < 4.78 is 15.4. The molecule has 2 rings (SSSR count). The third-order valence-electron chi connectivity index (χ3n) is 3.53. The van der Waals surface area contributed by atoms with Gasteiger partial charge in [-0.2, -0.15) is 0 Å².